The van der Waals surface area contributed by atoms with Crippen LogP contribution >= 0.6 is 17.0 Å². The molecule has 3 heteroatoms. The summed E-state index contributed by atoms with van der Waals surface area (Å²) in [7, 11) is 9.87. The van der Waals surface area contributed by atoms with Crippen LogP contribution in [-0.4, -0.2) is 0 Å². The fourth-order valence-corrected chi connectivity index (χ4v) is 4.16. The van der Waals surface area contributed by atoms with Crippen molar-refractivity contribution in [3.63, 3.8) is 0 Å². The summed E-state index contributed by atoms with van der Waals surface area (Å²) >= 11 is -0.826. The van der Waals surface area contributed by atoms with Crippen LogP contribution in [-0.2, 0) is 46.5 Å². The molecule has 4 rings (SSSR count). The molecule has 0 aliphatic rings. The van der Waals surface area contributed by atoms with Gasteiger partial charge in [-0.1, -0.05) is 38.8 Å². The standard InChI is InChI=1S/C24H24.2ClH.Zr/c1-3-17-15-19-9-5-7-11-21(19)23(17)13-14-24-18(4-2)16-20-10-6-8-12-22(20)24;;;/h5-12,15-16H,3-4,13-14H2,1-2H3;2*1H;/q-2;;;+4/p-2. The van der Waals surface area contributed by atoms with E-state index in [2.05, 4.69) is 74.5 Å². The van der Waals surface area contributed by atoms with E-state index in [1.807, 2.05) is 0 Å². The van der Waals surface area contributed by atoms with Gasteiger partial charge in [0.15, 0.2) is 0 Å². The Morgan fingerprint density at radius 1 is 0.704 bits per heavy atom. The third-order valence-electron chi connectivity index (χ3n) is 5.39. The van der Waals surface area contributed by atoms with Gasteiger partial charge in [0.05, 0.1) is 0 Å². The zero-order valence-electron chi connectivity index (χ0n) is 15.9. The SMILES string of the molecule is CCc1[cH-]c2ccccc2c1CCc1c(CC)[cH-]c2ccccc12.[Cl][Zr+2][Cl]. The third-order valence-corrected chi connectivity index (χ3v) is 5.39. The second-order valence-electron chi connectivity index (χ2n) is 6.75. The fourth-order valence-electron chi connectivity index (χ4n) is 4.16. The molecule has 0 saturated carbocycles. The van der Waals surface area contributed by atoms with E-state index in [4.69, 9.17) is 17.0 Å². The van der Waals surface area contributed by atoms with Crippen LogP contribution in [0.25, 0.3) is 21.5 Å². The van der Waals surface area contributed by atoms with Crippen molar-refractivity contribution in [2.75, 3.05) is 0 Å². The molecule has 0 heterocycles. The summed E-state index contributed by atoms with van der Waals surface area (Å²) in [6, 6.07) is 22.4. The number of benzene rings is 2. The molecule has 0 N–H and O–H groups in total. The summed E-state index contributed by atoms with van der Waals surface area (Å²) < 4.78 is 0. The first-order chi connectivity index (χ1) is 13.2. The van der Waals surface area contributed by atoms with Gasteiger partial charge < -0.3 is 0 Å². The maximum absolute atomic E-state index is 4.93. The topological polar surface area (TPSA) is 0 Å². The van der Waals surface area contributed by atoms with E-state index in [0.29, 0.717) is 0 Å². The Hall–Kier alpha value is -0.877. The molecule has 0 unspecified atom stereocenters. The van der Waals surface area contributed by atoms with Crippen molar-refractivity contribution in [3.8, 4) is 0 Å². The van der Waals surface area contributed by atoms with Crippen molar-refractivity contribution in [1.82, 2.24) is 0 Å². The van der Waals surface area contributed by atoms with Crippen LogP contribution in [0.2, 0.25) is 0 Å². The molecule has 0 bridgehead atoms. The predicted molar refractivity (Wildman–Crippen MR) is 117 cm³/mol. The van der Waals surface area contributed by atoms with Gasteiger partial charge in [-0.05, 0) is 12.8 Å². The van der Waals surface area contributed by atoms with E-state index >= 15 is 0 Å². The quantitative estimate of drug-likeness (QED) is 0.260. The van der Waals surface area contributed by atoms with Crippen LogP contribution in [0, 0.1) is 0 Å². The molecule has 0 radical (unpaired) electrons. The molecule has 0 spiro atoms. The Morgan fingerprint density at radius 3 is 1.44 bits per heavy atom. The van der Waals surface area contributed by atoms with Crippen LogP contribution in [0.5, 0.6) is 0 Å². The van der Waals surface area contributed by atoms with Gasteiger partial charge in [0.25, 0.3) is 0 Å². The number of rotatable bonds is 5. The molecule has 138 valence electrons. The first kappa shape index (κ1) is 20.8. The Labute approximate surface area is 180 Å². The van der Waals surface area contributed by atoms with Crippen molar-refractivity contribution in [2.24, 2.45) is 0 Å². The summed E-state index contributed by atoms with van der Waals surface area (Å²) in [5.41, 5.74) is 6.15. The van der Waals surface area contributed by atoms with Crippen molar-refractivity contribution in [1.29, 1.82) is 0 Å². The van der Waals surface area contributed by atoms with Gasteiger partial charge in [-0.3, -0.25) is 0 Å². The number of hydrogen-bond donors (Lipinski definition) is 0. The Kier molecular flexibility index (Phi) is 7.77. The van der Waals surface area contributed by atoms with Gasteiger partial charge in [-0.15, -0.1) is 81.2 Å². The second-order valence-corrected chi connectivity index (χ2v) is 10.5. The minimum atomic E-state index is -0.826. The Balaban J connectivity index is 0.000000659. The van der Waals surface area contributed by atoms with Gasteiger partial charge in [0, 0.05) is 0 Å². The van der Waals surface area contributed by atoms with Crippen molar-refractivity contribution >= 4 is 38.6 Å². The average Bonchev–Trinajstić information content (AvgIpc) is 3.24. The molecule has 27 heavy (non-hydrogen) atoms. The minimum absolute atomic E-state index is 0.826. The van der Waals surface area contributed by atoms with Crippen LogP contribution < -0.4 is 0 Å². The summed E-state index contributed by atoms with van der Waals surface area (Å²) in [4.78, 5) is 0. The number of halogens is 2. The monoisotopic (exact) mass is 472 g/mol. The van der Waals surface area contributed by atoms with Crippen LogP contribution in [0.15, 0.2) is 60.7 Å². The van der Waals surface area contributed by atoms with Gasteiger partial charge in [-0.25, -0.2) is 0 Å². The van der Waals surface area contributed by atoms with Crippen molar-refractivity contribution < 1.29 is 20.8 Å². The third kappa shape index (κ3) is 4.59. The molecule has 4 aromatic carbocycles. The van der Waals surface area contributed by atoms with Gasteiger partial charge >= 0.3 is 37.9 Å². The molecule has 0 atom stereocenters. The van der Waals surface area contributed by atoms with E-state index in [1.165, 1.54) is 32.7 Å². The molecular weight excluding hydrogens is 450 g/mol. The molecule has 0 aliphatic heterocycles. The maximum atomic E-state index is 4.93. The summed E-state index contributed by atoms with van der Waals surface area (Å²) in [5, 5.41) is 5.69. The average molecular weight is 475 g/mol. The molecule has 0 aliphatic carbocycles. The normalized spacial score (nSPS) is 10.7. The summed E-state index contributed by atoms with van der Waals surface area (Å²) in [6.45, 7) is 4.54. The number of aryl methyl sites for hydroxylation is 4. The zero-order valence-corrected chi connectivity index (χ0v) is 19.8. The van der Waals surface area contributed by atoms with Gasteiger partial charge in [0.1, 0.15) is 0 Å². The molecular formula is C24H24Cl2Zr. The molecule has 0 nitrogen and oxygen atoms in total. The van der Waals surface area contributed by atoms with Crippen molar-refractivity contribution in [2.45, 2.75) is 39.5 Å². The number of fused-ring (bicyclic) bond motifs is 2. The summed E-state index contributed by atoms with van der Waals surface area (Å²) in [6.07, 6.45) is 4.51. The Bertz CT molecular complexity index is 928. The molecule has 0 amide bonds. The Morgan fingerprint density at radius 2 is 1.07 bits per heavy atom. The van der Waals surface area contributed by atoms with Crippen LogP contribution in [0.1, 0.15) is 36.1 Å². The molecule has 0 aromatic heterocycles. The van der Waals surface area contributed by atoms with Gasteiger partial charge in [-0.2, -0.15) is 11.1 Å². The zero-order chi connectivity index (χ0) is 19.2. The first-order valence-electron chi connectivity index (χ1n) is 9.52. The first-order valence-corrected chi connectivity index (χ1v) is 15.8. The molecule has 4 aromatic rings. The van der Waals surface area contributed by atoms with Crippen LogP contribution in [0.3, 0.4) is 0 Å². The van der Waals surface area contributed by atoms with E-state index < -0.39 is 20.8 Å². The van der Waals surface area contributed by atoms with Crippen LogP contribution in [0.4, 0.5) is 0 Å². The second kappa shape index (κ2) is 10.1. The molecule has 0 fully saturated rings. The summed E-state index contributed by atoms with van der Waals surface area (Å²) in [5.74, 6) is 0. The van der Waals surface area contributed by atoms with E-state index in [1.54, 1.807) is 11.1 Å². The van der Waals surface area contributed by atoms with E-state index in [0.717, 1.165) is 25.7 Å². The predicted octanol–water partition coefficient (Wildman–Crippen LogP) is 7.72. The fraction of sp³-hybridized carbons (Fsp3) is 0.250. The number of hydrogen-bond acceptors (Lipinski definition) is 0. The van der Waals surface area contributed by atoms with Crippen molar-refractivity contribution in [3.05, 3.63) is 82.9 Å². The van der Waals surface area contributed by atoms with E-state index in [9.17, 15) is 0 Å². The van der Waals surface area contributed by atoms with E-state index in [-0.39, 0.29) is 0 Å². The van der Waals surface area contributed by atoms with Gasteiger partial charge in [0.2, 0.25) is 0 Å². The molecule has 0 saturated heterocycles.